The van der Waals surface area contributed by atoms with Gasteiger partial charge in [-0.15, -0.1) is 0 Å². The third-order valence-corrected chi connectivity index (χ3v) is 4.96. The van der Waals surface area contributed by atoms with E-state index in [0.29, 0.717) is 12.1 Å². The van der Waals surface area contributed by atoms with Crippen molar-refractivity contribution in [3.8, 4) is 5.75 Å². The van der Waals surface area contributed by atoms with E-state index in [1.54, 1.807) is 0 Å². The van der Waals surface area contributed by atoms with Crippen LogP contribution >= 0.6 is 23.2 Å². The third kappa shape index (κ3) is 5.41. The standard InChI is InChI=1S/C15H8Cl2F3NO5S/c16-9-2-3-12(10(17)6-9)26-14(22)7-27(25)13-4-1-8(15(18,19)20)5-11(13)21(23)24/h1-6H,7H2. The molecule has 0 saturated carbocycles. The first-order chi connectivity index (χ1) is 12.5. The highest BCUT2D eigenvalue weighted by Crippen LogP contribution is 2.34. The summed E-state index contributed by atoms with van der Waals surface area (Å²) < 4.78 is 55.2. The van der Waals surface area contributed by atoms with Crippen LogP contribution in [-0.2, 0) is 21.8 Å². The highest BCUT2D eigenvalue weighted by atomic mass is 35.5. The Morgan fingerprint density at radius 3 is 2.41 bits per heavy atom. The largest absolute Gasteiger partial charge is 0.424 e. The van der Waals surface area contributed by atoms with Crippen molar-refractivity contribution in [2.45, 2.75) is 11.1 Å². The second kappa shape index (κ2) is 8.24. The zero-order valence-corrected chi connectivity index (χ0v) is 15.3. The molecule has 2 rings (SSSR count). The molecule has 0 aliphatic rings. The van der Waals surface area contributed by atoms with E-state index in [4.69, 9.17) is 27.9 Å². The highest BCUT2D eigenvalue weighted by molar-refractivity contribution is 7.85. The molecule has 0 N–H and O–H groups in total. The van der Waals surface area contributed by atoms with Gasteiger partial charge in [-0.2, -0.15) is 13.2 Å². The number of esters is 1. The van der Waals surface area contributed by atoms with Gasteiger partial charge in [0.2, 0.25) is 0 Å². The van der Waals surface area contributed by atoms with Gasteiger partial charge < -0.3 is 4.74 Å². The summed E-state index contributed by atoms with van der Waals surface area (Å²) in [7, 11) is -2.32. The second-order valence-electron chi connectivity index (χ2n) is 4.98. The lowest BCUT2D eigenvalue weighted by atomic mass is 10.2. The van der Waals surface area contributed by atoms with E-state index in [9.17, 15) is 32.3 Å². The molecular weight excluding hydrogens is 434 g/mol. The van der Waals surface area contributed by atoms with Crippen LogP contribution in [0, 0.1) is 10.1 Å². The Morgan fingerprint density at radius 2 is 1.85 bits per heavy atom. The Bertz CT molecular complexity index is 936. The van der Waals surface area contributed by atoms with Crippen molar-refractivity contribution in [3.05, 3.63) is 62.1 Å². The van der Waals surface area contributed by atoms with Gasteiger partial charge in [-0.05, 0) is 30.3 Å². The number of carbonyl (C=O) groups excluding carboxylic acids is 1. The van der Waals surface area contributed by atoms with Crippen molar-refractivity contribution >= 4 is 45.7 Å². The maximum absolute atomic E-state index is 12.7. The van der Waals surface area contributed by atoms with Gasteiger partial charge in [0.25, 0.3) is 5.69 Å². The molecule has 2 aromatic carbocycles. The van der Waals surface area contributed by atoms with Crippen LogP contribution < -0.4 is 4.74 Å². The average Bonchev–Trinajstić information content (AvgIpc) is 2.56. The van der Waals surface area contributed by atoms with Crippen molar-refractivity contribution in [3.63, 3.8) is 0 Å². The molecule has 0 radical (unpaired) electrons. The predicted molar refractivity (Wildman–Crippen MR) is 91.5 cm³/mol. The number of rotatable bonds is 5. The molecule has 0 fully saturated rings. The Kier molecular flexibility index (Phi) is 6.45. The third-order valence-electron chi connectivity index (χ3n) is 3.09. The zero-order valence-electron chi connectivity index (χ0n) is 13.0. The highest BCUT2D eigenvalue weighted by Gasteiger charge is 2.34. The van der Waals surface area contributed by atoms with Gasteiger partial charge in [-0.3, -0.25) is 19.1 Å². The lowest BCUT2D eigenvalue weighted by Gasteiger charge is -2.09. The number of hydrogen-bond donors (Lipinski definition) is 0. The molecule has 12 heteroatoms. The van der Waals surface area contributed by atoms with Crippen LogP contribution in [0.3, 0.4) is 0 Å². The van der Waals surface area contributed by atoms with E-state index >= 15 is 0 Å². The molecule has 1 unspecified atom stereocenters. The van der Waals surface area contributed by atoms with Gasteiger partial charge in [-0.1, -0.05) is 23.2 Å². The molecule has 144 valence electrons. The second-order valence-corrected chi connectivity index (χ2v) is 7.24. The summed E-state index contributed by atoms with van der Waals surface area (Å²) in [5.74, 6) is -1.96. The van der Waals surface area contributed by atoms with E-state index in [2.05, 4.69) is 0 Å². The normalized spacial score (nSPS) is 12.5. The van der Waals surface area contributed by atoms with Crippen molar-refractivity contribution in [1.29, 1.82) is 0 Å². The van der Waals surface area contributed by atoms with Crippen LogP contribution in [0.5, 0.6) is 5.75 Å². The molecule has 27 heavy (non-hydrogen) atoms. The maximum atomic E-state index is 12.7. The summed E-state index contributed by atoms with van der Waals surface area (Å²) in [6, 6.07) is 5.46. The average molecular weight is 442 g/mol. The summed E-state index contributed by atoms with van der Waals surface area (Å²) in [5, 5.41) is 11.3. The minimum Gasteiger partial charge on any atom is -0.424 e. The monoisotopic (exact) mass is 441 g/mol. The predicted octanol–water partition coefficient (Wildman–Crippen LogP) is 4.63. The van der Waals surface area contributed by atoms with E-state index in [0.717, 1.165) is 0 Å². The molecule has 0 aliphatic heterocycles. The molecule has 1 atom stereocenters. The van der Waals surface area contributed by atoms with E-state index in [1.165, 1.54) is 18.2 Å². The topological polar surface area (TPSA) is 86.5 Å². The summed E-state index contributed by atoms with van der Waals surface area (Å²) in [6.45, 7) is 0. The number of benzene rings is 2. The first-order valence-electron chi connectivity index (χ1n) is 6.89. The van der Waals surface area contributed by atoms with E-state index in [1.807, 2.05) is 0 Å². The first kappa shape index (κ1) is 21.1. The molecule has 0 heterocycles. The lowest BCUT2D eigenvalue weighted by Crippen LogP contribution is -2.18. The number of hydrogen-bond acceptors (Lipinski definition) is 5. The molecule has 0 aromatic heterocycles. The van der Waals surface area contributed by atoms with Crippen molar-refractivity contribution in [2.75, 3.05) is 5.75 Å². The fourth-order valence-corrected chi connectivity index (χ4v) is 3.39. The van der Waals surface area contributed by atoms with E-state index < -0.39 is 49.8 Å². The Balaban J connectivity index is 2.22. The number of carbonyl (C=O) groups is 1. The van der Waals surface area contributed by atoms with Gasteiger partial charge in [-0.25, -0.2) is 0 Å². The van der Waals surface area contributed by atoms with Gasteiger partial charge in [0.1, 0.15) is 16.4 Å². The Labute approximate surface area is 162 Å². The fourth-order valence-electron chi connectivity index (χ4n) is 1.92. The number of nitro benzene ring substituents is 1. The Hall–Kier alpha value is -2.17. The van der Waals surface area contributed by atoms with Crippen LogP contribution in [0.4, 0.5) is 18.9 Å². The molecule has 0 amide bonds. The minimum atomic E-state index is -4.81. The number of alkyl halides is 3. The number of nitro groups is 1. The van der Waals surface area contributed by atoms with Crippen LogP contribution in [0.2, 0.25) is 10.0 Å². The molecule has 0 bridgehead atoms. The van der Waals surface area contributed by atoms with Crippen molar-refractivity contribution in [1.82, 2.24) is 0 Å². The number of ether oxygens (including phenoxy) is 1. The SMILES string of the molecule is O=C(CS(=O)c1ccc(C(F)(F)F)cc1[N+](=O)[O-])Oc1ccc(Cl)cc1Cl. The summed E-state index contributed by atoms with van der Waals surface area (Å²) >= 11 is 11.5. The molecule has 2 aromatic rings. The smallest absolute Gasteiger partial charge is 0.416 e. The number of nitrogens with zero attached hydrogens (tertiary/aromatic N) is 1. The van der Waals surface area contributed by atoms with Crippen LogP contribution in [0.1, 0.15) is 5.56 Å². The summed E-state index contributed by atoms with van der Waals surface area (Å²) in [4.78, 5) is 21.3. The minimum absolute atomic E-state index is 0.00198. The maximum Gasteiger partial charge on any atom is 0.416 e. The van der Waals surface area contributed by atoms with Crippen LogP contribution in [-0.4, -0.2) is 20.9 Å². The van der Waals surface area contributed by atoms with E-state index in [-0.39, 0.29) is 21.9 Å². The molecule has 0 aliphatic carbocycles. The first-order valence-corrected chi connectivity index (χ1v) is 8.96. The molecule has 6 nitrogen and oxygen atoms in total. The quantitative estimate of drug-likeness (QED) is 0.292. The number of halogens is 5. The molecular formula is C15H8Cl2F3NO5S. The van der Waals surface area contributed by atoms with Gasteiger partial charge >= 0.3 is 12.1 Å². The van der Waals surface area contributed by atoms with Crippen molar-refractivity contribution in [2.24, 2.45) is 0 Å². The molecule has 0 spiro atoms. The Morgan fingerprint density at radius 1 is 1.19 bits per heavy atom. The van der Waals surface area contributed by atoms with Gasteiger partial charge in [0.15, 0.2) is 0 Å². The van der Waals surface area contributed by atoms with Gasteiger partial charge in [0, 0.05) is 11.1 Å². The lowest BCUT2D eigenvalue weighted by molar-refractivity contribution is -0.388. The van der Waals surface area contributed by atoms with Crippen LogP contribution in [0.15, 0.2) is 41.3 Å². The fraction of sp³-hybridized carbons (Fsp3) is 0.133. The van der Waals surface area contributed by atoms with Crippen molar-refractivity contribution < 1.29 is 31.8 Å². The molecule has 0 saturated heterocycles. The van der Waals surface area contributed by atoms with Crippen LogP contribution in [0.25, 0.3) is 0 Å². The summed E-state index contributed by atoms with van der Waals surface area (Å²) in [5.41, 5.74) is -2.29. The van der Waals surface area contributed by atoms with Gasteiger partial charge in [0.05, 0.1) is 26.3 Å². The zero-order chi connectivity index (χ0) is 20.4. The summed E-state index contributed by atoms with van der Waals surface area (Å²) in [6.07, 6.45) is -4.81.